The van der Waals surface area contributed by atoms with Gasteiger partial charge in [-0.2, -0.15) is 0 Å². The minimum Gasteiger partial charge on any atom is -0.480 e. The average molecular weight is 259 g/mol. The number of carboxylic acids is 1. The topological polar surface area (TPSA) is 67.8 Å². The zero-order valence-corrected chi connectivity index (χ0v) is 11.4. The molecule has 0 aliphatic heterocycles. The number of aliphatic carboxylic acids is 1. The van der Waals surface area contributed by atoms with Gasteiger partial charge in [-0.3, -0.25) is 10.1 Å². The maximum absolute atomic E-state index is 11.5. The molecule has 1 aliphatic carbocycles. The van der Waals surface area contributed by atoms with Gasteiger partial charge in [0.05, 0.1) is 19.8 Å². The van der Waals surface area contributed by atoms with Crippen LogP contribution in [0.4, 0.5) is 0 Å². The molecule has 0 saturated heterocycles. The lowest BCUT2D eigenvalue weighted by Gasteiger charge is -2.30. The molecule has 0 spiro atoms. The van der Waals surface area contributed by atoms with Gasteiger partial charge in [-0.05, 0) is 31.7 Å². The average Bonchev–Trinajstić information content (AvgIpc) is 3.16. The van der Waals surface area contributed by atoms with Crippen LogP contribution in [0.3, 0.4) is 0 Å². The Morgan fingerprint density at radius 2 is 1.94 bits per heavy atom. The van der Waals surface area contributed by atoms with Gasteiger partial charge in [0.1, 0.15) is 5.54 Å². The Kier molecular flexibility index (Phi) is 6.60. The number of likely N-dealkylation sites (N-methyl/N-ethyl adjacent to an activating group) is 1. The van der Waals surface area contributed by atoms with E-state index in [2.05, 4.69) is 12.2 Å². The van der Waals surface area contributed by atoms with Crippen LogP contribution in [-0.4, -0.2) is 49.6 Å². The lowest BCUT2D eigenvalue weighted by atomic mass is 9.94. The maximum Gasteiger partial charge on any atom is 0.326 e. The molecule has 0 amide bonds. The summed E-state index contributed by atoms with van der Waals surface area (Å²) < 4.78 is 10.8. The van der Waals surface area contributed by atoms with Crippen LogP contribution in [0.5, 0.6) is 0 Å². The largest absolute Gasteiger partial charge is 0.480 e. The van der Waals surface area contributed by atoms with E-state index in [4.69, 9.17) is 9.47 Å². The highest BCUT2D eigenvalue weighted by atomic mass is 16.5. The normalized spacial score (nSPS) is 18.6. The molecule has 1 saturated carbocycles. The Labute approximate surface area is 109 Å². The highest BCUT2D eigenvalue weighted by Crippen LogP contribution is 2.40. The van der Waals surface area contributed by atoms with Crippen molar-refractivity contribution in [2.75, 3.05) is 33.0 Å². The van der Waals surface area contributed by atoms with E-state index in [1.807, 2.05) is 6.92 Å². The lowest BCUT2D eigenvalue weighted by Crippen LogP contribution is -2.57. The lowest BCUT2D eigenvalue weighted by molar-refractivity contribution is -0.149. The zero-order valence-electron chi connectivity index (χ0n) is 11.4. The second-order valence-corrected chi connectivity index (χ2v) is 4.75. The smallest absolute Gasteiger partial charge is 0.326 e. The van der Waals surface area contributed by atoms with E-state index in [1.54, 1.807) is 0 Å². The van der Waals surface area contributed by atoms with E-state index in [1.165, 1.54) is 0 Å². The monoisotopic (exact) mass is 259 g/mol. The third-order valence-electron chi connectivity index (χ3n) is 3.20. The Bertz CT molecular complexity index is 255. The number of carbonyl (C=O) groups is 1. The van der Waals surface area contributed by atoms with Crippen LogP contribution >= 0.6 is 0 Å². The fraction of sp³-hybridized carbons (Fsp3) is 0.923. The molecule has 106 valence electrons. The van der Waals surface area contributed by atoms with Crippen molar-refractivity contribution in [3.05, 3.63) is 0 Å². The first-order valence-electron chi connectivity index (χ1n) is 6.81. The summed E-state index contributed by atoms with van der Waals surface area (Å²) in [5.74, 6) is -0.604. The van der Waals surface area contributed by atoms with Crippen LogP contribution < -0.4 is 5.32 Å². The fourth-order valence-electron chi connectivity index (χ4n) is 2.11. The number of hydrogen-bond donors (Lipinski definition) is 2. The number of nitrogens with one attached hydrogen (secondary N) is 1. The summed E-state index contributed by atoms with van der Waals surface area (Å²) in [7, 11) is 0. The van der Waals surface area contributed by atoms with Crippen molar-refractivity contribution < 1.29 is 19.4 Å². The first-order valence-corrected chi connectivity index (χ1v) is 6.81. The number of carboxylic acid groups (broad SMARTS) is 1. The zero-order chi connectivity index (χ0) is 13.4. The van der Waals surface area contributed by atoms with Crippen LogP contribution in [0, 0.1) is 5.92 Å². The minimum atomic E-state index is -0.903. The highest BCUT2D eigenvalue weighted by molar-refractivity contribution is 5.80. The Hall–Kier alpha value is -0.650. The molecule has 2 N–H and O–H groups in total. The number of rotatable bonds is 11. The molecular weight excluding hydrogens is 234 g/mol. The van der Waals surface area contributed by atoms with Crippen molar-refractivity contribution in [2.45, 2.75) is 38.6 Å². The van der Waals surface area contributed by atoms with Crippen LogP contribution in [0.1, 0.15) is 33.1 Å². The van der Waals surface area contributed by atoms with Gasteiger partial charge in [0.25, 0.3) is 0 Å². The van der Waals surface area contributed by atoms with Crippen molar-refractivity contribution in [3.8, 4) is 0 Å². The molecule has 0 heterocycles. The first kappa shape index (κ1) is 15.4. The van der Waals surface area contributed by atoms with Crippen molar-refractivity contribution in [1.29, 1.82) is 0 Å². The van der Waals surface area contributed by atoms with Gasteiger partial charge in [-0.1, -0.05) is 13.8 Å². The molecule has 0 aromatic rings. The van der Waals surface area contributed by atoms with Crippen LogP contribution in [0.15, 0.2) is 0 Å². The van der Waals surface area contributed by atoms with Gasteiger partial charge in [0, 0.05) is 6.61 Å². The van der Waals surface area contributed by atoms with Crippen molar-refractivity contribution in [3.63, 3.8) is 0 Å². The molecule has 1 aliphatic rings. The van der Waals surface area contributed by atoms with Crippen LogP contribution in [0.2, 0.25) is 0 Å². The third-order valence-corrected chi connectivity index (χ3v) is 3.20. The Morgan fingerprint density at radius 1 is 1.28 bits per heavy atom. The number of ether oxygens (including phenoxy) is 2. The SMILES string of the molecule is CCCOCCOCC(NCC)(C(=O)O)C1CC1. The fourth-order valence-corrected chi connectivity index (χ4v) is 2.11. The summed E-state index contributed by atoms with van der Waals surface area (Å²) in [5.41, 5.74) is -0.903. The maximum atomic E-state index is 11.5. The molecule has 0 bridgehead atoms. The van der Waals surface area contributed by atoms with Gasteiger partial charge in [-0.25, -0.2) is 0 Å². The summed E-state index contributed by atoms with van der Waals surface area (Å²) in [6, 6.07) is 0. The standard InChI is InChI=1S/C13H25NO4/c1-3-7-17-8-9-18-10-13(12(15)16,14-4-2)11-5-6-11/h11,14H,3-10H2,1-2H3,(H,15,16). The molecule has 0 radical (unpaired) electrons. The molecule has 1 rings (SSSR count). The minimum absolute atomic E-state index is 0.200. The van der Waals surface area contributed by atoms with Crippen molar-refractivity contribution >= 4 is 5.97 Å². The molecule has 0 aromatic carbocycles. The summed E-state index contributed by atoms with van der Waals surface area (Å²) >= 11 is 0. The van der Waals surface area contributed by atoms with Gasteiger partial charge >= 0.3 is 5.97 Å². The summed E-state index contributed by atoms with van der Waals surface area (Å²) in [5, 5.41) is 12.5. The van der Waals surface area contributed by atoms with E-state index in [0.717, 1.165) is 25.9 Å². The van der Waals surface area contributed by atoms with Gasteiger partial charge in [0.15, 0.2) is 0 Å². The van der Waals surface area contributed by atoms with Crippen LogP contribution in [0.25, 0.3) is 0 Å². The molecule has 1 fully saturated rings. The van der Waals surface area contributed by atoms with Gasteiger partial charge in [-0.15, -0.1) is 0 Å². The predicted molar refractivity (Wildman–Crippen MR) is 68.7 cm³/mol. The van der Waals surface area contributed by atoms with Crippen molar-refractivity contribution in [1.82, 2.24) is 5.32 Å². The summed E-state index contributed by atoms with van der Waals surface area (Å²) in [6.45, 7) is 6.53. The van der Waals surface area contributed by atoms with Crippen LogP contribution in [-0.2, 0) is 14.3 Å². The van der Waals surface area contributed by atoms with E-state index in [0.29, 0.717) is 19.8 Å². The molecule has 5 heteroatoms. The third kappa shape index (κ3) is 4.23. The molecule has 1 unspecified atom stereocenters. The Morgan fingerprint density at radius 3 is 2.44 bits per heavy atom. The second kappa shape index (κ2) is 7.71. The second-order valence-electron chi connectivity index (χ2n) is 4.75. The predicted octanol–water partition coefficient (Wildman–Crippen LogP) is 1.27. The van der Waals surface area contributed by atoms with E-state index < -0.39 is 11.5 Å². The Balaban J connectivity index is 2.34. The van der Waals surface area contributed by atoms with Crippen molar-refractivity contribution in [2.24, 2.45) is 5.92 Å². The molecule has 0 aromatic heterocycles. The van der Waals surface area contributed by atoms with Gasteiger partial charge < -0.3 is 14.6 Å². The van der Waals surface area contributed by atoms with E-state index in [9.17, 15) is 9.90 Å². The quantitative estimate of drug-likeness (QED) is 0.547. The molecular formula is C13H25NO4. The van der Waals surface area contributed by atoms with Gasteiger partial charge in [0.2, 0.25) is 0 Å². The highest BCUT2D eigenvalue weighted by Gasteiger charge is 2.51. The number of hydrogen-bond acceptors (Lipinski definition) is 4. The van der Waals surface area contributed by atoms with E-state index in [-0.39, 0.29) is 12.5 Å². The summed E-state index contributed by atoms with van der Waals surface area (Å²) in [4.78, 5) is 11.5. The summed E-state index contributed by atoms with van der Waals surface area (Å²) in [6.07, 6.45) is 2.92. The van der Waals surface area contributed by atoms with E-state index >= 15 is 0 Å². The molecule has 18 heavy (non-hydrogen) atoms. The molecule has 1 atom stereocenters. The first-order chi connectivity index (χ1) is 8.67. The molecule has 5 nitrogen and oxygen atoms in total.